The summed E-state index contributed by atoms with van der Waals surface area (Å²) in [5, 5.41) is 2.99. The second kappa shape index (κ2) is 7.13. The van der Waals surface area contributed by atoms with Crippen molar-refractivity contribution in [3.05, 3.63) is 22.2 Å². The number of likely N-dealkylation sites (N-methyl/N-ethyl adjacent to an activating group) is 1. The molecule has 0 radical (unpaired) electrons. The Hall–Kier alpha value is -1.27. The molecule has 0 aromatic heterocycles. The van der Waals surface area contributed by atoms with Crippen LogP contribution in [0.15, 0.2) is 16.6 Å². The lowest BCUT2D eigenvalue weighted by molar-refractivity contribution is -0.122. The Balaban J connectivity index is 2.01. The highest BCUT2D eigenvalue weighted by molar-refractivity contribution is 9.10. The molecule has 1 N–H and O–H groups in total. The third kappa shape index (κ3) is 4.61. The van der Waals surface area contributed by atoms with E-state index in [4.69, 9.17) is 9.47 Å². The van der Waals surface area contributed by atoms with E-state index in [1.807, 2.05) is 24.1 Å². The summed E-state index contributed by atoms with van der Waals surface area (Å²) < 4.78 is 11.5. The predicted molar refractivity (Wildman–Crippen MR) is 84.7 cm³/mol. The quantitative estimate of drug-likeness (QED) is 0.813. The summed E-state index contributed by atoms with van der Waals surface area (Å²) in [5.74, 6) is 1.60. The molecule has 5 nitrogen and oxygen atoms in total. The van der Waals surface area contributed by atoms with Crippen LogP contribution in [0.1, 0.15) is 18.4 Å². The van der Waals surface area contributed by atoms with Gasteiger partial charge in [0.05, 0.1) is 25.2 Å². The van der Waals surface area contributed by atoms with Gasteiger partial charge in [-0.15, -0.1) is 0 Å². The number of carbonyl (C=O) groups is 1. The number of hydrogen-bond donors (Lipinski definition) is 1. The Kier molecular flexibility index (Phi) is 5.47. The van der Waals surface area contributed by atoms with Crippen LogP contribution >= 0.6 is 15.9 Å². The molecule has 0 spiro atoms. The highest BCUT2D eigenvalue weighted by Crippen LogP contribution is 2.33. The Morgan fingerprint density at radius 3 is 2.57 bits per heavy atom. The van der Waals surface area contributed by atoms with Crippen LogP contribution in [-0.2, 0) is 11.3 Å². The standard InChI is InChI=1S/C15H21BrN2O3/c1-18(9-15(19)17-11-4-5-11)8-10-6-14(21-3)12(16)7-13(10)20-2/h6-7,11H,4-5,8-9H2,1-3H3,(H,17,19). The van der Waals surface area contributed by atoms with Crippen molar-refractivity contribution in [2.45, 2.75) is 25.4 Å². The van der Waals surface area contributed by atoms with E-state index in [0.717, 1.165) is 34.4 Å². The van der Waals surface area contributed by atoms with Crippen molar-refractivity contribution in [2.75, 3.05) is 27.8 Å². The van der Waals surface area contributed by atoms with Gasteiger partial charge in [0.15, 0.2) is 0 Å². The number of amides is 1. The van der Waals surface area contributed by atoms with E-state index in [0.29, 0.717) is 19.1 Å². The van der Waals surface area contributed by atoms with E-state index < -0.39 is 0 Å². The number of hydrogen-bond acceptors (Lipinski definition) is 4. The first kappa shape index (κ1) is 16.1. The Labute approximate surface area is 133 Å². The molecular formula is C15H21BrN2O3. The van der Waals surface area contributed by atoms with Crippen molar-refractivity contribution >= 4 is 21.8 Å². The molecule has 0 atom stereocenters. The molecule has 1 aliphatic carbocycles. The fraction of sp³-hybridized carbons (Fsp3) is 0.533. The first-order valence-electron chi connectivity index (χ1n) is 6.91. The van der Waals surface area contributed by atoms with Crippen LogP contribution < -0.4 is 14.8 Å². The van der Waals surface area contributed by atoms with E-state index in [9.17, 15) is 4.79 Å². The van der Waals surface area contributed by atoms with Crippen molar-refractivity contribution in [1.29, 1.82) is 0 Å². The molecule has 0 aliphatic heterocycles. The molecule has 1 aliphatic rings. The average molecular weight is 357 g/mol. The SMILES string of the molecule is COc1cc(CN(C)CC(=O)NC2CC2)c(OC)cc1Br. The zero-order valence-corrected chi connectivity index (χ0v) is 14.2. The molecule has 21 heavy (non-hydrogen) atoms. The largest absolute Gasteiger partial charge is 0.496 e. The normalized spacial score (nSPS) is 14.1. The van der Waals surface area contributed by atoms with Crippen molar-refractivity contribution in [3.63, 3.8) is 0 Å². The molecule has 0 saturated heterocycles. The van der Waals surface area contributed by atoms with Crippen LogP contribution in [0.5, 0.6) is 11.5 Å². The summed E-state index contributed by atoms with van der Waals surface area (Å²) in [7, 11) is 5.18. The van der Waals surface area contributed by atoms with Gasteiger partial charge in [0, 0.05) is 18.2 Å². The van der Waals surface area contributed by atoms with Crippen LogP contribution in [0.3, 0.4) is 0 Å². The predicted octanol–water partition coefficient (Wildman–Crippen LogP) is 2.18. The monoisotopic (exact) mass is 356 g/mol. The summed E-state index contributed by atoms with van der Waals surface area (Å²) in [6.45, 7) is 0.989. The van der Waals surface area contributed by atoms with Gasteiger partial charge < -0.3 is 14.8 Å². The van der Waals surface area contributed by atoms with Gasteiger partial charge >= 0.3 is 0 Å². The van der Waals surface area contributed by atoms with Crippen molar-refractivity contribution in [3.8, 4) is 11.5 Å². The number of methoxy groups -OCH3 is 2. The van der Waals surface area contributed by atoms with Gasteiger partial charge in [0.2, 0.25) is 5.91 Å². The van der Waals surface area contributed by atoms with Gasteiger partial charge in [0.25, 0.3) is 0 Å². The van der Waals surface area contributed by atoms with Gasteiger partial charge in [0.1, 0.15) is 11.5 Å². The molecule has 6 heteroatoms. The number of carbonyl (C=O) groups excluding carboxylic acids is 1. The number of nitrogens with one attached hydrogen (secondary N) is 1. The maximum atomic E-state index is 11.8. The van der Waals surface area contributed by atoms with Crippen LogP contribution in [0.2, 0.25) is 0 Å². The summed E-state index contributed by atoms with van der Waals surface area (Å²) in [6.07, 6.45) is 2.21. The minimum atomic E-state index is 0.0723. The maximum Gasteiger partial charge on any atom is 0.234 e. The van der Waals surface area contributed by atoms with Crippen LogP contribution in [0.25, 0.3) is 0 Å². The molecule has 1 amide bonds. The maximum absolute atomic E-state index is 11.8. The average Bonchev–Trinajstić information content (AvgIpc) is 3.23. The number of halogens is 1. The number of rotatable bonds is 7. The van der Waals surface area contributed by atoms with Gasteiger partial charge in [-0.1, -0.05) is 0 Å². The van der Waals surface area contributed by atoms with E-state index in [2.05, 4.69) is 21.2 Å². The Bertz CT molecular complexity index is 518. The van der Waals surface area contributed by atoms with E-state index >= 15 is 0 Å². The lowest BCUT2D eigenvalue weighted by Crippen LogP contribution is -2.36. The molecule has 1 fully saturated rings. The molecular weight excluding hydrogens is 336 g/mol. The summed E-state index contributed by atoms with van der Waals surface area (Å²) >= 11 is 3.44. The number of ether oxygens (including phenoxy) is 2. The minimum absolute atomic E-state index is 0.0723. The highest BCUT2D eigenvalue weighted by Gasteiger charge is 2.23. The third-order valence-electron chi connectivity index (χ3n) is 3.35. The topological polar surface area (TPSA) is 50.8 Å². The highest BCUT2D eigenvalue weighted by atomic mass is 79.9. The summed E-state index contributed by atoms with van der Waals surface area (Å²) in [5.41, 5.74) is 0.985. The van der Waals surface area contributed by atoms with Gasteiger partial charge in [-0.05, 0) is 48.0 Å². The van der Waals surface area contributed by atoms with Crippen LogP contribution in [0, 0.1) is 0 Å². The molecule has 0 heterocycles. The van der Waals surface area contributed by atoms with Crippen molar-refractivity contribution in [1.82, 2.24) is 10.2 Å². The van der Waals surface area contributed by atoms with Crippen LogP contribution in [0.4, 0.5) is 0 Å². The third-order valence-corrected chi connectivity index (χ3v) is 3.97. The summed E-state index contributed by atoms with van der Waals surface area (Å²) in [4.78, 5) is 13.8. The lowest BCUT2D eigenvalue weighted by atomic mass is 10.1. The Morgan fingerprint density at radius 2 is 2.00 bits per heavy atom. The molecule has 1 aromatic rings. The molecule has 2 rings (SSSR count). The van der Waals surface area contributed by atoms with Gasteiger partial charge in [-0.25, -0.2) is 0 Å². The number of benzene rings is 1. The molecule has 116 valence electrons. The van der Waals surface area contributed by atoms with Crippen molar-refractivity contribution in [2.24, 2.45) is 0 Å². The Morgan fingerprint density at radius 1 is 1.33 bits per heavy atom. The summed E-state index contributed by atoms with van der Waals surface area (Å²) in [6, 6.07) is 4.21. The van der Waals surface area contributed by atoms with Gasteiger partial charge in [-0.3, -0.25) is 9.69 Å². The first-order valence-corrected chi connectivity index (χ1v) is 7.71. The molecule has 0 unspecified atom stereocenters. The lowest BCUT2D eigenvalue weighted by Gasteiger charge is -2.19. The first-order chi connectivity index (χ1) is 10.0. The van der Waals surface area contributed by atoms with Crippen molar-refractivity contribution < 1.29 is 14.3 Å². The smallest absolute Gasteiger partial charge is 0.234 e. The second-order valence-corrected chi connectivity index (χ2v) is 6.17. The zero-order chi connectivity index (χ0) is 15.4. The zero-order valence-electron chi connectivity index (χ0n) is 12.6. The molecule has 1 saturated carbocycles. The second-order valence-electron chi connectivity index (χ2n) is 5.31. The van der Waals surface area contributed by atoms with Crippen LogP contribution in [-0.4, -0.2) is 44.7 Å². The van der Waals surface area contributed by atoms with Gasteiger partial charge in [-0.2, -0.15) is 0 Å². The fourth-order valence-electron chi connectivity index (χ4n) is 2.14. The fourth-order valence-corrected chi connectivity index (χ4v) is 2.62. The van der Waals surface area contributed by atoms with E-state index in [1.54, 1.807) is 14.2 Å². The molecule has 1 aromatic carbocycles. The van der Waals surface area contributed by atoms with E-state index in [1.165, 1.54) is 0 Å². The molecule has 0 bridgehead atoms. The number of nitrogens with zero attached hydrogens (tertiary/aromatic N) is 1. The van der Waals surface area contributed by atoms with E-state index in [-0.39, 0.29) is 5.91 Å². The minimum Gasteiger partial charge on any atom is -0.496 e.